The molecular weight excluding hydrogens is 874 g/mol. The molecule has 1 unspecified atom stereocenters. The Morgan fingerprint density at radius 3 is 1.98 bits per heavy atom. The Kier molecular flexibility index (Phi) is 8.30. The maximum Gasteiger partial charge on any atom is 0.291 e. The van der Waals surface area contributed by atoms with E-state index in [4.69, 9.17) is 44.9 Å². The number of rotatable bonds is 0. The number of fused-ring (bicyclic) bond motifs is 18. The number of nitrogens with zero attached hydrogens (tertiary/aromatic N) is 10. The Balaban J connectivity index is 0.00000203. The van der Waals surface area contributed by atoms with Crippen LogP contribution in [0.25, 0.3) is 33.5 Å². The summed E-state index contributed by atoms with van der Waals surface area (Å²) in [6, 6.07) is 0.0416. The van der Waals surface area contributed by atoms with Crippen molar-refractivity contribution in [3.8, 4) is 11.4 Å². The summed E-state index contributed by atoms with van der Waals surface area (Å²) < 4.78 is 0. The van der Waals surface area contributed by atoms with Gasteiger partial charge in [0.05, 0.1) is 34.5 Å². The number of aromatic nitrogens is 9. The summed E-state index contributed by atoms with van der Waals surface area (Å²) in [4.78, 5) is 64.5. The molecule has 4 aromatic heterocycles. The van der Waals surface area contributed by atoms with E-state index in [0.29, 0.717) is 79.4 Å². The number of aromatic amines is 4. The molecule has 0 radical (unpaired) electrons. The van der Waals surface area contributed by atoms with Gasteiger partial charge in [-0.25, -0.2) is 39.9 Å². The smallest absolute Gasteiger partial charge is 0.291 e. The number of halogens is 2. The van der Waals surface area contributed by atoms with Crippen LogP contribution < -0.4 is 74.2 Å². The van der Waals surface area contributed by atoms with Crippen LogP contribution in [0.2, 0.25) is 0 Å². The average molecular weight is 909 g/mol. The molecule has 0 aromatic carbocycles. The quantitative estimate of drug-likeness (QED) is 0.0947. The molecule has 0 fully saturated rings. The molecule has 16 nitrogen and oxygen atoms in total. The minimum Gasteiger partial charge on any atom is -1.00 e. The Morgan fingerprint density at radius 1 is 0.667 bits per heavy atom. The summed E-state index contributed by atoms with van der Waals surface area (Å²) in [7, 11) is 2.03. The zero-order valence-corrected chi connectivity index (χ0v) is 33.6. The number of aliphatic imine (C=N–C) groups is 2. The molecule has 0 saturated carbocycles. The molecule has 18 heteroatoms. The van der Waals surface area contributed by atoms with Crippen LogP contribution in [0.3, 0.4) is 0 Å². The summed E-state index contributed by atoms with van der Waals surface area (Å²) >= 11 is 0. The summed E-state index contributed by atoms with van der Waals surface area (Å²) in [6.45, 7) is 15.9. The van der Waals surface area contributed by atoms with Crippen LogP contribution in [-0.2, 0) is 0 Å². The Hall–Kier alpha value is -4.73. The Bertz CT molecular complexity index is 2710. The minimum atomic E-state index is 0. The van der Waals surface area contributed by atoms with E-state index in [1.165, 1.54) is 0 Å². The third-order valence-electron chi connectivity index (χ3n) is 9.75. The summed E-state index contributed by atoms with van der Waals surface area (Å²) in [6.07, 6.45) is 0. The van der Waals surface area contributed by atoms with Crippen molar-refractivity contribution in [2.45, 2.75) is 61.4 Å². The zero-order valence-electron chi connectivity index (χ0n) is 29.3. The van der Waals surface area contributed by atoms with Crippen LogP contribution in [0, 0.1) is 41.5 Å². The fourth-order valence-electron chi connectivity index (χ4n) is 6.35. The van der Waals surface area contributed by atoms with Gasteiger partial charge in [0, 0.05) is 18.5 Å². The molecule has 260 valence electrons. The maximum atomic E-state index is 5.14. The van der Waals surface area contributed by atoms with Crippen LogP contribution in [0.4, 0.5) is 23.3 Å². The van der Waals surface area contributed by atoms with E-state index < -0.39 is 0 Å². The SMILES string of the molecule is CC1=NC2=C(C3=[NH+]C2=Nc2[nH]c(c4nc(C)c(C)nc24)Nc2[nH+]c(c4nc(C)c(C)[nH]c2-4)N=c2[nH]c(c4nc(C)c(C)nc24)=N3)N(C)C1C.[I-].[I-]. The van der Waals surface area contributed by atoms with E-state index in [1.807, 2.05) is 55.5 Å². The molecule has 4 aromatic rings. The first-order valence-electron chi connectivity index (χ1n) is 16.1. The van der Waals surface area contributed by atoms with Crippen LogP contribution in [0.1, 0.15) is 48.0 Å². The summed E-state index contributed by atoms with van der Waals surface area (Å²) in [5, 5.41) is 3.53. The van der Waals surface area contributed by atoms with Gasteiger partial charge in [-0.15, -0.1) is 0 Å². The number of nitrogens with one attached hydrogen (secondary N) is 6. The minimum absolute atomic E-state index is 0. The highest BCUT2D eigenvalue weighted by Crippen LogP contribution is 2.37. The lowest BCUT2D eigenvalue weighted by Gasteiger charge is -2.29. The Labute approximate surface area is 325 Å². The fourth-order valence-corrected chi connectivity index (χ4v) is 6.35. The van der Waals surface area contributed by atoms with E-state index in [-0.39, 0.29) is 54.0 Å². The lowest BCUT2D eigenvalue weighted by atomic mass is 10.1. The second kappa shape index (κ2) is 12.2. The second-order valence-electron chi connectivity index (χ2n) is 12.9. The second-order valence-corrected chi connectivity index (χ2v) is 12.9. The van der Waals surface area contributed by atoms with Gasteiger partial charge in [0.2, 0.25) is 16.8 Å². The third kappa shape index (κ3) is 5.23. The number of anilines is 2. The molecule has 8 bridgehead atoms. The van der Waals surface area contributed by atoms with Crippen molar-refractivity contribution < 1.29 is 57.9 Å². The van der Waals surface area contributed by atoms with Crippen LogP contribution in [0.15, 0.2) is 31.4 Å². The molecule has 9 heterocycles. The summed E-state index contributed by atoms with van der Waals surface area (Å²) in [5.41, 5.74) is 12.3. The van der Waals surface area contributed by atoms with Crippen molar-refractivity contribution in [1.82, 2.24) is 44.8 Å². The highest BCUT2D eigenvalue weighted by Gasteiger charge is 2.40. The van der Waals surface area contributed by atoms with Gasteiger partial charge < -0.3 is 57.8 Å². The normalized spacial score (nSPS) is 16.5. The molecule has 51 heavy (non-hydrogen) atoms. The number of likely N-dealkylation sites (N-methyl/N-ethyl adjacent to an activating group) is 1. The van der Waals surface area contributed by atoms with E-state index >= 15 is 0 Å². The van der Waals surface area contributed by atoms with Crippen molar-refractivity contribution in [2.75, 3.05) is 12.4 Å². The number of amidine groups is 2. The third-order valence-corrected chi connectivity index (χ3v) is 9.75. The lowest BCUT2D eigenvalue weighted by Crippen LogP contribution is -3.00. The van der Waals surface area contributed by atoms with E-state index in [1.54, 1.807) is 0 Å². The van der Waals surface area contributed by atoms with Gasteiger partial charge >= 0.3 is 0 Å². The molecule has 1 atom stereocenters. The first kappa shape index (κ1) is 34.7. The highest BCUT2D eigenvalue weighted by atomic mass is 127. The van der Waals surface area contributed by atoms with Crippen molar-refractivity contribution >= 4 is 62.7 Å². The van der Waals surface area contributed by atoms with Gasteiger partial charge in [-0.2, -0.15) is 0 Å². The van der Waals surface area contributed by atoms with Crippen molar-refractivity contribution in [3.63, 3.8) is 0 Å². The van der Waals surface area contributed by atoms with E-state index in [2.05, 4.69) is 42.1 Å². The number of hydrogen-bond donors (Lipinski definition) is 5. The van der Waals surface area contributed by atoms with Crippen molar-refractivity contribution in [2.24, 2.45) is 20.0 Å². The molecule has 0 aliphatic carbocycles. The van der Waals surface area contributed by atoms with Crippen LogP contribution in [0.5, 0.6) is 0 Å². The predicted octanol–water partition coefficient (Wildman–Crippen LogP) is -4.41. The highest BCUT2D eigenvalue weighted by molar-refractivity contribution is 6.14. The molecule has 5 aliphatic rings. The van der Waals surface area contributed by atoms with E-state index in [9.17, 15) is 0 Å². The molecule has 5 aliphatic heterocycles. The summed E-state index contributed by atoms with van der Waals surface area (Å²) in [5.74, 6) is 3.39. The Morgan fingerprint density at radius 2 is 1.29 bits per heavy atom. The number of hydrogen-bond acceptors (Lipinski definition) is 11. The monoisotopic (exact) mass is 908 g/mol. The zero-order chi connectivity index (χ0) is 34.0. The molecule has 9 rings (SSSR count). The standard InChI is InChI=1S/C33H32N16.2HI/c1-10-11(2)35-19-18(34-10)26-41-27(19)43-29-22-23(39-15(6)14(5)38-22)31(45-29)47-33-25-24(40-16(7)17(8)49(25)9)32(48-33)46-30-21-20(28(42-26)44-30)36-12(3)13(4)37-21;;/h17,34,42,44H,1-9H3,(H,41,43,45,46,47,48);2*1H. The largest absolute Gasteiger partial charge is 1.00 e. The maximum absolute atomic E-state index is 5.14. The first-order chi connectivity index (χ1) is 23.4. The molecular formula is C33H34I2N16. The number of H-pyrrole nitrogens is 4. The number of aryl methyl sites for hydroxylation is 6. The van der Waals surface area contributed by atoms with Gasteiger partial charge in [-0.3, -0.25) is 15.3 Å². The van der Waals surface area contributed by atoms with Gasteiger partial charge in [0.1, 0.15) is 11.4 Å². The van der Waals surface area contributed by atoms with Gasteiger partial charge in [-0.05, 0) is 55.4 Å². The molecule has 0 saturated heterocycles. The molecule has 6 N–H and O–H groups in total. The van der Waals surface area contributed by atoms with Crippen LogP contribution >= 0.6 is 0 Å². The average Bonchev–Trinajstić information content (AvgIpc) is 3.76. The van der Waals surface area contributed by atoms with Crippen molar-refractivity contribution in [1.29, 1.82) is 0 Å². The van der Waals surface area contributed by atoms with Gasteiger partial charge in [0.25, 0.3) is 23.3 Å². The van der Waals surface area contributed by atoms with Gasteiger partial charge in [-0.1, -0.05) is 15.0 Å². The van der Waals surface area contributed by atoms with Gasteiger partial charge in [0.15, 0.2) is 39.3 Å². The first-order valence-corrected chi connectivity index (χ1v) is 16.1. The lowest BCUT2D eigenvalue weighted by molar-refractivity contribution is -0.340. The topological polar surface area (TPSA) is 205 Å². The molecule has 0 spiro atoms. The molecule has 0 amide bonds. The fraction of sp³-hybridized carbons (Fsp3) is 0.303. The van der Waals surface area contributed by atoms with Crippen LogP contribution in [-0.4, -0.2) is 75.2 Å². The predicted molar refractivity (Wildman–Crippen MR) is 184 cm³/mol. The van der Waals surface area contributed by atoms with Crippen molar-refractivity contribution in [3.05, 3.63) is 56.5 Å². The van der Waals surface area contributed by atoms with E-state index in [0.717, 1.165) is 51.3 Å².